The number of para-hydroxylation sites is 1. The van der Waals surface area contributed by atoms with Crippen LogP contribution in [0.15, 0.2) is 24.3 Å². The SMILES string of the molecule is CCOC(=O)CCCCCOc1ccccc1CO. The van der Waals surface area contributed by atoms with Gasteiger partial charge in [0.05, 0.1) is 19.8 Å². The Morgan fingerprint density at radius 3 is 2.74 bits per heavy atom. The number of unbranched alkanes of at least 4 members (excludes halogenated alkanes) is 2. The second kappa shape index (κ2) is 9.39. The van der Waals surface area contributed by atoms with Crippen LogP contribution in [0.4, 0.5) is 0 Å². The number of hydrogen-bond donors (Lipinski definition) is 1. The maximum atomic E-state index is 11.1. The summed E-state index contributed by atoms with van der Waals surface area (Å²) in [6.07, 6.45) is 3.12. The maximum absolute atomic E-state index is 11.1. The molecule has 0 spiro atoms. The highest BCUT2D eigenvalue weighted by Gasteiger charge is 2.02. The molecule has 1 aromatic carbocycles. The summed E-state index contributed by atoms with van der Waals surface area (Å²) in [5, 5.41) is 9.14. The van der Waals surface area contributed by atoms with Gasteiger partial charge >= 0.3 is 5.97 Å². The molecule has 0 aliphatic rings. The average Bonchev–Trinajstić information content (AvgIpc) is 2.43. The van der Waals surface area contributed by atoms with E-state index in [-0.39, 0.29) is 12.6 Å². The normalized spacial score (nSPS) is 10.2. The average molecular weight is 266 g/mol. The van der Waals surface area contributed by atoms with Gasteiger partial charge in [0.1, 0.15) is 5.75 Å². The van der Waals surface area contributed by atoms with Crippen molar-refractivity contribution in [1.82, 2.24) is 0 Å². The molecule has 106 valence electrons. The van der Waals surface area contributed by atoms with Gasteiger partial charge in [0.2, 0.25) is 0 Å². The number of rotatable bonds is 9. The monoisotopic (exact) mass is 266 g/mol. The summed E-state index contributed by atoms with van der Waals surface area (Å²) >= 11 is 0. The van der Waals surface area contributed by atoms with E-state index in [0.717, 1.165) is 30.6 Å². The van der Waals surface area contributed by atoms with E-state index in [0.29, 0.717) is 19.6 Å². The van der Waals surface area contributed by atoms with Gasteiger partial charge in [-0.05, 0) is 32.3 Å². The first kappa shape index (κ1) is 15.5. The van der Waals surface area contributed by atoms with Crippen LogP contribution in [0.2, 0.25) is 0 Å². The number of benzene rings is 1. The highest BCUT2D eigenvalue weighted by atomic mass is 16.5. The molecule has 0 aromatic heterocycles. The summed E-state index contributed by atoms with van der Waals surface area (Å²) in [6, 6.07) is 7.45. The Hall–Kier alpha value is -1.55. The van der Waals surface area contributed by atoms with Crippen LogP contribution in [0.5, 0.6) is 5.75 Å². The topological polar surface area (TPSA) is 55.8 Å². The second-order valence-corrected chi connectivity index (χ2v) is 4.23. The van der Waals surface area contributed by atoms with Crippen molar-refractivity contribution in [2.24, 2.45) is 0 Å². The lowest BCUT2D eigenvalue weighted by atomic mass is 10.2. The van der Waals surface area contributed by atoms with Crippen LogP contribution >= 0.6 is 0 Å². The van der Waals surface area contributed by atoms with Gasteiger partial charge in [0, 0.05) is 12.0 Å². The molecule has 0 aliphatic heterocycles. The molecule has 0 fully saturated rings. The molecule has 0 saturated carbocycles. The summed E-state index contributed by atoms with van der Waals surface area (Å²) in [4.78, 5) is 11.1. The highest BCUT2D eigenvalue weighted by molar-refractivity contribution is 5.69. The van der Waals surface area contributed by atoms with Crippen molar-refractivity contribution in [2.45, 2.75) is 39.2 Å². The molecule has 0 unspecified atom stereocenters. The van der Waals surface area contributed by atoms with Gasteiger partial charge < -0.3 is 14.6 Å². The van der Waals surface area contributed by atoms with Crippen LogP contribution in [0.3, 0.4) is 0 Å². The van der Waals surface area contributed by atoms with Gasteiger partial charge in [-0.3, -0.25) is 4.79 Å². The molecule has 0 radical (unpaired) electrons. The fourth-order valence-electron chi connectivity index (χ4n) is 1.74. The van der Waals surface area contributed by atoms with Crippen molar-refractivity contribution < 1.29 is 19.4 Å². The predicted molar refractivity (Wildman–Crippen MR) is 73.0 cm³/mol. The quantitative estimate of drug-likeness (QED) is 0.551. The lowest BCUT2D eigenvalue weighted by Gasteiger charge is -2.09. The van der Waals surface area contributed by atoms with Crippen LogP contribution in [-0.2, 0) is 16.1 Å². The molecule has 0 bridgehead atoms. The predicted octanol–water partition coefficient (Wildman–Crippen LogP) is 2.68. The van der Waals surface area contributed by atoms with Gasteiger partial charge in [0.15, 0.2) is 0 Å². The molecule has 4 heteroatoms. The molecular weight excluding hydrogens is 244 g/mol. The van der Waals surface area contributed by atoms with Crippen LogP contribution in [-0.4, -0.2) is 24.3 Å². The van der Waals surface area contributed by atoms with Gasteiger partial charge in [0.25, 0.3) is 0 Å². The number of carbonyl (C=O) groups excluding carboxylic acids is 1. The van der Waals surface area contributed by atoms with E-state index < -0.39 is 0 Å². The highest BCUT2D eigenvalue weighted by Crippen LogP contribution is 2.18. The Morgan fingerprint density at radius 2 is 2.00 bits per heavy atom. The third kappa shape index (κ3) is 6.25. The lowest BCUT2D eigenvalue weighted by molar-refractivity contribution is -0.143. The fourth-order valence-corrected chi connectivity index (χ4v) is 1.74. The summed E-state index contributed by atoms with van der Waals surface area (Å²) < 4.78 is 10.5. The van der Waals surface area contributed by atoms with E-state index in [1.807, 2.05) is 31.2 Å². The van der Waals surface area contributed by atoms with Gasteiger partial charge in [-0.25, -0.2) is 0 Å². The summed E-state index contributed by atoms with van der Waals surface area (Å²) in [6.45, 7) is 2.84. The van der Waals surface area contributed by atoms with Gasteiger partial charge in [-0.15, -0.1) is 0 Å². The van der Waals surface area contributed by atoms with E-state index in [4.69, 9.17) is 14.6 Å². The first-order chi connectivity index (χ1) is 9.27. The standard InChI is InChI=1S/C15H22O4/c1-2-18-15(17)10-4-3-7-11-19-14-9-6-5-8-13(14)12-16/h5-6,8-9,16H,2-4,7,10-12H2,1H3. The Labute approximate surface area is 114 Å². The largest absolute Gasteiger partial charge is 0.493 e. The first-order valence-corrected chi connectivity index (χ1v) is 6.75. The van der Waals surface area contributed by atoms with Crippen molar-refractivity contribution in [1.29, 1.82) is 0 Å². The molecule has 0 amide bonds. The smallest absolute Gasteiger partial charge is 0.305 e. The third-order valence-electron chi connectivity index (χ3n) is 2.73. The van der Waals surface area contributed by atoms with Crippen molar-refractivity contribution >= 4 is 5.97 Å². The summed E-state index contributed by atoms with van der Waals surface area (Å²) in [7, 11) is 0. The number of aliphatic hydroxyl groups excluding tert-OH is 1. The molecule has 0 atom stereocenters. The molecule has 0 heterocycles. The second-order valence-electron chi connectivity index (χ2n) is 4.23. The minimum absolute atomic E-state index is 0.0148. The number of esters is 1. The van der Waals surface area contributed by atoms with Crippen LogP contribution < -0.4 is 4.74 Å². The molecule has 1 rings (SSSR count). The van der Waals surface area contributed by atoms with E-state index in [1.165, 1.54) is 0 Å². The van der Waals surface area contributed by atoms with E-state index >= 15 is 0 Å². The minimum Gasteiger partial charge on any atom is -0.493 e. The molecule has 0 saturated heterocycles. The number of aliphatic hydroxyl groups is 1. The Kier molecular flexibility index (Phi) is 7.66. The zero-order valence-corrected chi connectivity index (χ0v) is 11.4. The first-order valence-electron chi connectivity index (χ1n) is 6.75. The molecule has 4 nitrogen and oxygen atoms in total. The maximum Gasteiger partial charge on any atom is 0.305 e. The number of carbonyl (C=O) groups is 1. The zero-order chi connectivity index (χ0) is 13.9. The van der Waals surface area contributed by atoms with Crippen molar-refractivity contribution in [3.63, 3.8) is 0 Å². The van der Waals surface area contributed by atoms with E-state index in [9.17, 15) is 4.79 Å². The molecule has 1 N–H and O–H groups in total. The molecule has 1 aromatic rings. The van der Waals surface area contributed by atoms with E-state index in [1.54, 1.807) is 0 Å². The van der Waals surface area contributed by atoms with E-state index in [2.05, 4.69) is 0 Å². The van der Waals surface area contributed by atoms with Gasteiger partial charge in [-0.1, -0.05) is 18.2 Å². The minimum atomic E-state index is -0.131. The van der Waals surface area contributed by atoms with Gasteiger partial charge in [-0.2, -0.15) is 0 Å². The van der Waals surface area contributed by atoms with Crippen LogP contribution in [0, 0.1) is 0 Å². The van der Waals surface area contributed by atoms with Crippen molar-refractivity contribution in [3.8, 4) is 5.75 Å². The third-order valence-corrected chi connectivity index (χ3v) is 2.73. The number of ether oxygens (including phenoxy) is 2. The molecule has 0 aliphatic carbocycles. The Bertz CT molecular complexity index is 376. The van der Waals surface area contributed by atoms with Crippen LogP contribution in [0.1, 0.15) is 38.2 Å². The van der Waals surface area contributed by atoms with Crippen molar-refractivity contribution in [3.05, 3.63) is 29.8 Å². The Morgan fingerprint density at radius 1 is 1.21 bits per heavy atom. The molecular formula is C15H22O4. The lowest BCUT2D eigenvalue weighted by Crippen LogP contribution is -2.04. The fraction of sp³-hybridized carbons (Fsp3) is 0.533. The van der Waals surface area contributed by atoms with Crippen LogP contribution in [0.25, 0.3) is 0 Å². The summed E-state index contributed by atoms with van der Waals surface area (Å²) in [5.41, 5.74) is 0.800. The number of hydrogen-bond acceptors (Lipinski definition) is 4. The molecule has 19 heavy (non-hydrogen) atoms. The van der Waals surface area contributed by atoms with Crippen molar-refractivity contribution in [2.75, 3.05) is 13.2 Å². The zero-order valence-electron chi connectivity index (χ0n) is 11.4. The summed E-state index contributed by atoms with van der Waals surface area (Å²) in [5.74, 6) is 0.601. The Balaban J connectivity index is 2.12.